The van der Waals surface area contributed by atoms with Crippen molar-refractivity contribution in [2.75, 3.05) is 12.4 Å². The van der Waals surface area contributed by atoms with E-state index >= 15 is 0 Å². The van der Waals surface area contributed by atoms with Crippen LogP contribution in [0.1, 0.15) is 17.5 Å². The zero-order valence-electron chi connectivity index (χ0n) is 14.8. The fourth-order valence-corrected chi connectivity index (χ4v) is 4.08. The van der Waals surface area contributed by atoms with Crippen LogP contribution in [0, 0.1) is 0 Å². The van der Waals surface area contributed by atoms with Crippen LogP contribution >= 0.6 is 0 Å². The maximum Gasteiger partial charge on any atom is 0.573 e. The van der Waals surface area contributed by atoms with Crippen LogP contribution in [-0.4, -0.2) is 32.0 Å². The maximum atomic E-state index is 12.9. The average Bonchev–Trinajstić information content (AvgIpc) is 2.61. The van der Waals surface area contributed by atoms with Crippen molar-refractivity contribution >= 4 is 21.6 Å². The van der Waals surface area contributed by atoms with E-state index in [1.807, 2.05) is 0 Å². The molecule has 0 radical (unpaired) electrons. The predicted octanol–water partition coefficient (Wildman–Crippen LogP) is 3.29. The summed E-state index contributed by atoms with van der Waals surface area (Å²) in [7, 11) is -2.68. The topological polar surface area (TPSA) is 75.7 Å². The Balaban J connectivity index is 1.85. The van der Waals surface area contributed by atoms with Crippen molar-refractivity contribution in [2.24, 2.45) is 0 Å². The largest absolute Gasteiger partial charge is 0.573 e. The van der Waals surface area contributed by atoms with Crippen LogP contribution < -0.4 is 10.1 Å². The van der Waals surface area contributed by atoms with Gasteiger partial charge in [0.25, 0.3) is 0 Å². The molecular weight excluding hydrogens is 397 g/mol. The van der Waals surface area contributed by atoms with Crippen LogP contribution in [0.3, 0.4) is 0 Å². The minimum Gasteiger partial charge on any atom is -0.405 e. The van der Waals surface area contributed by atoms with Gasteiger partial charge in [0.05, 0.1) is 4.90 Å². The van der Waals surface area contributed by atoms with E-state index in [1.165, 1.54) is 43.4 Å². The number of sulfonamides is 1. The third kappa shape index (κ3) is 4.45. The number of rotatable bonds is 5. The number of ether oxygens (including phenoxy) is 1. The lowest BCUT2D eigenvalue weighted by molar-refractivity contribution is -0.274. The summed E-state index contributed by atoms with van der Waals surface area (Å²) >= 11 is 0. The number of fused-ring (bicyclic) bond motifs is 1. The first-order valence-electron chi connectivity index (χ1n) is 8.29. The summed E-state index contributed by atoms with van der Waals surface area (Å²) in [6, 6.07) is 9.71. The quantitative estimate of drug-likeness (QED) is 0.815. The first-order chi connectivity index (χ1) is 13.1. The Labute approximate surface area is 160 Å². The third-order valence-corrected chi connectivity index (χ3v) is 6.07. The standard InChI is InChI=1S/C18H17F3N2O4S/c1-23(11-13-4-2-3-5-16(13)27-18(19,20)21)28(25,26)14-7-8-15-12(10-14)6-9-17(24)22-15/h2-5,7-8,10H,6,9,11H2,1H3,(H,22,24). The lowest BCUT2D eigenvalue weighted by Gasteiger charge is -2.22. The van der Waals surface area contributed by atoms with E-state index in [2.05, 4.69) is 10.1 Å². The fourth-order valence-electron chi connectivity index (χ4n) is 2.88. The smallest absolute Gasteiger partial charge is 0.405 e. The molecule has 0 saturated heterocycles. The normalized spacial score (nSPS) is 14.5. The highest BCUT2D eigenvalue weighted by molar-refractivity contribution is 7.89. The first kappa shape index (κ1) is 20.2. The molecule has 0 fully saturated rings. The fraction of sp³-hybridized carbons (Fsp3) is 0.278. The molecule has 6 nitrogen and oxygen atoms in total. The molecule has 1 aliphatic heterocycles. The van der Waals surface area contributed by atoms with E-state index in [4.69, 9.17) is 0 Å². The van der Waals surface area contributed by atoms with Gasteiger partial charge in [-0.15, -0.1) is 13.2 Å². The van der Waals surface area contributed by atoms with Gasteiger partial charge in [-0.25, -0.2) is 8.42 Å². The Bertz CT molecular complexity index is 1010. The molecule has 0 atom stereocenters. The Morgan fingerprint density at radius 2 is 1.86 bits per heavy atom. The number of benzene rings is 2. The molecule has 0 bridgehead atoms. The van der Waals surface area contributed by atoms with Gasteiger partial charge in [-0.2, -0.15) is 4.31 Å². The number of halogens is 3. The predicted molar refractivity (Wildman–Crippen MR) is 95.2 cm³/mol. The lowest BCUT2D eigenvalue weighted by Crippen LogP contribution is -2.28. The van der Waals surface area contributed by atoms with Crippen LogP contribution in [0.25, 0.3) is 0 Å². The molecular formula is C18H17F3N2O4S. The van der Waals surface area contributed by atoms with Crippen LogP contribution in [-0.2, 0) is 27.8 Å². The van der Waals surface area contributed by atoms with Gasteiger partial charge >= 0.3 is 6.36 Å². The van der Waals surface area contributed by atoms with Crippen LogP contribution in [0.5, 0.6) is 5.75 Å². The molecule has 10 heteroatoms. The van der Waals surface area contributed by atoms with E-state index < -0.39 is 22.1 Å². The number of carbonyl (C=O) groups is 1. The van der Waals surface area contributed by atoms with E-state index in [0.29, 0.717) is 17.7 Å². The summed E-state index contributed by atoms with van der Waals surface area (Å²) in [6.45, 7) is -0.303. The van der Waals surface area contributed by atoms with Crippen LogP contribution in [0.4, 0.5) is 18.9 Å². The number of alkyl halides is 3. The number of anilines is 1. The van der Waals surface area contributed by atoms with Gasteiger partial charge in [0.15, 0.2) is 0 Å². The first-order valence-corrected chi connectivity index (χ1v) is 9.73. The SMILES string of the molecule is CN(Cc1ccccc1OC(F)(F)F)S(=O)(=O)c1ccc2c(c1)CCC(=O)N2. The average molecular weight is 414 g/mol. The van der Waals surface area contributed by atoms with E-state index in [-0.39, 0.29) is 29.3 Å². The number of nitrogens with one attached hydrogen (secondary N) is 1. The summed E-state index contributed by atoms with van der Waals surface area (Å²) in [5, 5.41) is 2.67. The van der Waals surface area contributed by atoms with Crippen LogP contribution in [0.2, 0.25) is 0 Å². The molecule has 1 amide bonds. The van der Waals surface area contributed by atoms with Gasteiger partial charge in [0, 0.05) is 31.3 Å². The molecule has 3 rings (SSSR count). The summed E-state index contributed by atoms with van der Waals surface area (Å²) in [4.78, 5) is 11.4. The lowest BCUT2D eigenvalue weighted by atomic mass is 10.0. The molecule has 1 aliphatic rings. The summed E-state index contributed by atoms with van der Waals surface area (Å²) in [5.41, 5.74) is 1.33. The van der Waals surface area contributed by atoms with Crippen molar-refractivity contribution < 1.29 is 31.1 Å². The molecule has 1 N–H and O–H groups in total. The molecule has 2 aromatic carbocycles. The maximum absolute atomic E-state index is 12.9. The van der Waals surface area contributed by atoms with Crippen molar-refractivity contribution in [3.05, 3.63) is 53.6 Å². The van der Waals surface area contributed by atoms with Gasteiger partial charge < -0.3 is 10.1 Å². The van der Waals surface area contributed by atoms with Crippen molar-refractivity contribution in [1.29, 1.82) is 0 Å². The number of amides is 1. The van der Waals surface area contributed by atoms with Crippen molar-refractivity contribution in [3.8, 4) is 5.75 Å². The zero-order valence-corrected chi connectivity index (χ0v) is 15.6. The number of para-hydroxylation sites is 1. The highest BCUT2D eigenvalue weighted by Gasteiger charge is 2.32. The molecule has 28 heavy (non-hydrogen) atoms. The van der Waals surface area contributed by atoms with E-state index in [0.717, 1.165) is 10.4 Å². The van der Waals surface area contributed by atoms with Gasteiger partial charge in [-0.05, 0) is 36.2 Å². The highest BCUT2D eigenvalue weighted by atomic mass is 32.2. The second-order valence-corrected chi connectivity index (χ2v) is 8.33. The minimum atomic E-state index is -4.88. The molecule has 1 heterocycles. The summed E-state index contributed by atoms with van der Waals surface area (Å²) in [5.74, 6) is -0.591. The number of aryl methyl sites for hydroxylation is 1. The van der Waals surface area contributed by atoms with Gasteiger partial charge in [-0.1, -0.05) is 18.2 Å². The van der Waals surface area contributed by atoms with Crippen LogP contribution in [0.15, 0.2) is 47.4 Å². The highest BCUT2D eigenvalue weighted by Crippen LogP contribution is 2.30. The molecule has 0 saturated carbocycles. The monoisotopic (exact) mass is 414 g/mol. The molecule has 0 spiro atoms. The van der Waals surface area contributed by atoms with Gasteiger partial charge in [0.1, 0.15) is 5.75 Å². The second-order valence-electron chi connectivity index (χ2n) is 6.28. The molecule has 2 aromatic rings. The molecule has 150 valence electrons. The Morgan fingerprint density at radius 1 is 1.14 bits per heavy atom. The number of carbonyl (C=O) groups excluding carboxylic acids is 1. The Morgan fingerprint density at radius 3 is 2.57 bits per heavy atom. The van der Waals surface area contributed by atoms with Crippen molar-refractivity contribution in [3.63, 3.8) is 0 Å². The van der Waals surface area contributed by atoms with E-state index in [9.17, 15) is 26.4 Å². The summed E-state index contributed by atoms with van der Waals surface area (Å²) in [6.07, 6.45) is -4.21. The Hall–Kier alpha value is -2.59. The molecule has 0 aromatic heterocycles. The minimum absolute atomic E-state index is 0.000815. The van der Waals surface area contributed by atoms with Crippen molar-refractivity contribution in [1.82, 2.24) is 4.31 Å². The second kappa shape index (κ2) is 7.44. The van der Waals surface area contributed by atoms with Gasteiger partial charge in [-0.3, -0.25) is 4.79 Å². The van der Waals surface area contributed by atoms with E-state index in [1.54, 1.807) is 0 Å². The Kier molecular flexibility index (Phi) is 5.35. The summed E-state index contributed by atoms with van der Waals surface area (Å²) < 4.78 is 68.3. The van der Waals surface area contributed by atoms with Gasteiger partial charge in [0.2, 0.25) is 15.9 Å². The number of nitrogens with zero attached hydrogens (tertiary/aromatic N) is 1. The zero-order chi connectivity index (χ0) is 20.5. The molecule has 0 unspecified atom stereocenters. The number of hydrogen-bond donors (Lipinski definition) is 1. The van der Waals surface area contributed by atoms with Crippen molar-refractivity contribution in [2.45, 2.75) is 30.6 Å². The molecule has 0 aliphatic carbocycles. The third-order valence-electron chi connectivity index (χ3n) is 4.27. The number of hydrogen-bond acceptors (Lipinski definition) is 4.